The molecule has 0 bridgehead atoms. The highest BCUT2D eigenvalue weighted by atomic mass is 16.4. The zero-order chi connectivity index (χ0) is 9.72. The molecule has 0 saturated heterocycles. The first-order valence-electron chi connectivity index (χ1n) is 3.32. The molecule has 0 amide bonds. The lowest BCUT2D eigenvalue weighted by Gasteiger charge is -2.13. The second kappa shape index (κ2) is 4.68. The molecule has 12 heavy (non-hydrogen) atoms. The van der Waals surface area contributed by atoms with E-state index in [2.05, 4.69) is 5.32 Å². The number of carboxylic acid groups (broad SMARTS) is 2. The van der Waals surface area contributed by atoms with Crippen LogP contribution in [0.5, 0.6) is 0 Å². The lowest BCUT2D eigenvalue weighted by atomic mass is 10.2. The summed E-state index contributed by atoms with van der Waals surface area (Å²) in [6.45, 7) is 1.47. The first kappa shape index (κ1) is 10.9. The van der Waals surface area contributed by atoms with Crippen LogP contribution in [0.4, 0.5) is 0 Å². The van der Waals surface area contributed by atoms with Gasteiger partial charge in [-0.2, -0.15) is 0 Å². The van der Waals surface area contributed by atoms with Crippen LogP contribution in [0.1, 0.15) is 13.3 Å². The molecule has 0 saturated carbocycles. The van der Waals surface area contributed by atoms with Crippen molar-refractivity contribution in [3.8, 4) is 0 Å². The van der Waals surface area contributed by atoms with Crippen molar-refractivity contribution in [3.63, 3.8) is 0 Å². The number of aliphatic carboxylic acids is 2. The Labute approximate surface area is 68.8 Å². The predicted molar refractivity (Wildman–Crippen MR) is 38.5 cm³/mol. The summed E-state index contributed by atoms with van der Waals surface area (Å²) in [7, 11) is 0. The van der Waals surface area contributed by atoms with Gasteiger partial charge in [0.1, 0.15) is 0 Å². The molecule has 0 radical (unpaired) electrons. The minimum absolute atomic E-state index is 0.232. The van der Waals surface area contributed by atoms with Crippen LogP contribution in [0, 0.1) is 0 Å². The van der Waals surface area contributed by atoms with Gasteiger partial charge in [0.2, 0.25) is 6.23 Å². The van der Waals surface area contributed by atoms with Crippen LogP contribution in [-0.2, 0) is 9.59 Å². The number of hydrogen-bond acceptors (Lipinski definition) is 4. The number of nitrogens with one attached hydrogen (secondary N) is 1. The van der Waals surface area contributed by atoms with Crippen LogP contribution in [0.25, 0.3) is 0 Å². The lowest BCUT2D eigenvalue weighted by Crippen LogP contribution is -2.42. The van der Waals surface area contributed by atoms with Crippen LogP contribution in [0.3, 0.4) is 0 Å². The van der Waals surface area contributed by atoms with Gasteiger partial charge in [-0.1, -0.05) is 0 Å². The predicted octanol–water partition coefficient (Wildman–Crippen LogP) is -1.16. The van der Waals surface area contributed by atoms with E-state index in [9.17, 15) is 9.59 Å². The third-order valence-corrected chi connectivity index (χ3v) is 1.16. The van der Waals surface area contributed by atoms with Crippen LogP contribution in [0.15, 0.2) is 0 Å². The van der Waals surface area contributed by atoms with E-state index in [0.29, 0.717) is 0 Å². The van der Waals surface area contributed by atoms with Crippen molar-refractivity contribution in [3.05, 3.63) is 0 Å². The van der Waals surface area contributed by atoms with E-state index >= 15 is 0 Å². The minimum atomic E-state index is -1.71. The Bertz CT molecular complexity index is 181. The van der Waals surface area contributed by atoms with E-state index < -0.39 is 24.2 Å². The quantitative estimate of drug-likeness (QED) is 0.395. The maximum absolute atomic E-state index is 10.1. The smallest absolute Gasteiger partial charge is 0.347 e. The number of aliphatic hydroxyl groups is 1. The summed E-state index contributed by atoms with van der Waals surface area (Å²) in [4.78, 5) is 20.2. The Kier molecular flexibility index (Phi) is 4.24. The fourth-order valence-corrected chi connectivity index (χ4v) is 0.662. The first-order chi connectivity index (χ1) is 5.43. The standard InChI is InChI=1S/C6H11NO5/c1-3(2-4(8)9)7-5(10)6(11)12/h3,5,7,10H,2H2,1H3,(H,8,9)(H,11,12)/t3-,5?/m1/s1. The maximum Gasteiger partial charge on any atom is 0.347 e. The molecule has 0 spiro atoms. The zero-order valence-corrected chi connectivity index (χ0v) is 6.52. The monoisotopic (exact) mass is 177 g/mol. The number of hydrogen-bond donors (Lipinski definition) is 4. The van der Waals surface area contributed by atoms with Crippen molar-refractivity contribution < 1.29 is 24.9 Å². The molecule has 0 heterocycles. The molecule has 0 aliphatic heterocycles. The average molecular weight is 177 g/mol. The second-order valence-corrected chi connectivity index (χ2v) is 2.41. The SMILES string of the molecule is C[C@H](CC(=O)O)NC(O)C(=O)O. The summed E-state index contributed by atoms with van der Waals surface area (Å²) in [6.07, 6.45) is -1.94. The Hall–Kier alpha value is -1.14. The van der Waals surface area contributed by atoms with Gasteiger partial charge < -0.3 is 15.3 Å². The second-order valence-electron chi connectivity index (χ2n) is 2.41. The van der Waals surface area contributed by atoms with Gasteiger partial charge in [-0.25, -0.2) is 4.79 Å². The molecule has 0 aromatic carbocycles. The molecular formula is C6H11NO5. The molecule has 0 aromatic rings. The van der Waals surface area contributed by atoms with E-state index in [4.69, 9.17) is 15.3 Å². The van der Waals surface area contributed by atoms with Crippen LogP contribution in [0.2, 0.25) is 0 Å². The highest BCUT2D eigenvalue weighted by molar-refractivity contribution is 5.71. The van der Waals surface area contributed by atoms with Gasteiger partial charge in [0, 0.05) is 6.04 Å². The summed E-state index contributed by atoms with van der Waals surface area (Å²) in [6, 6.07) is -0.575. The average Bonchev–Trinajstić information content (AvgIpc) is 1.84. The Balaban J connectivity index is 3.76. The lowest BCUT2D eigenvalue weighted by molar-refractivity contribution is -0.149. The molecule has 6 heteroatoms. The van der Waals surface area contributed by atoms with Crippen molar-refractivity contribution >= 4 is 11.9 Å². The number of carboxylic acids is 2. The van der Waals surface area contributed by atoms with Crippen LogP contribution in [-0.4, -0.2) is 39.5 Å². The fraction of sp³-hybridized carbons (Fsp3) is 0.667. The molecule has 70 valence electrons. The molecule has 2 atom stereocenters. The molecule has 4 N–H and O–H groups in total. The van der Waals surface area contributed by atoms with Crippen molar-refractivity contribution in [2.45, 2.75) is 25.6 Å². The van der Waals surface area contributed by atoms with Gasteiger partial charge in [0.05, 0.1) is 6.42 Å². The summed E-state index contributed by atoms with van der Waals surface area (Å²) >= 11 is 0. The van der Waals surface area contributed by atoms with Gasteiger partial charge in [-0.15, -0.1) is 0 Å². The molecule has 0 aliphatic rings. The van der Waals surface area contributed by atoms with Crippen molar-refractivity contribution in [2.75, 3.05) is 0 Å². The summed E-state index contributed by atoms with van der Waals surface area (Å²) in [5, 5.41) is 27.4. The topological polar surface area (TPSA) is 107 Å². The highest BCUT2D eigenvalue weighted by Crippen LogP contribution is 1.91. The van der Waals surface area contributed by atoms with E-state index in [1.165, 1.54) is 6.92 Å². The largest absolute Gasteiger partial charge is 0.481 e. The van der Waals surface area contributed by atoms with E-state index in [1.54, 1.807) is 0 Å². The third kappa shape index (κ3) is 4.64. The summed E-state index contributed by atoms with van der Waals surface area (Å²) < 4.78 is 0. The van der Waals surface area contributed by atoms with Crippen molar-refractivity contribution in [2.24, 2.45) is 0 Å². The van der Waals surface area contributed by atoms with Crippen molar-refractivity contribution in [1.82, 2.24) is 5.32 Å². The van der Waals surface area contributed by atoms with Crippen LogP contribution < -0.4 is 5.32 Å². The third-order valence-electron chi connectivity index (χ3n) is 1.16. The van der Waals surface area contributed by atoms with E-state index in [1.807, 2.05) is 0 Å². The molecule has 0 fully saturated rings. The number of carbonyl (C=O) groups is 2. The van der Waals surface area contributed by atoms with E-state index in [0.717, 1.165) is 0 Å². The minimum Gasteiger partial charge on any atom is -0.481 e. The Morgan fingerprint density at radius 2 is 1.92 bits per heavy atom. The number of aliphatic hydroxyl groups excluding tert-OH is 1. The van der Waals surface area contributed by atoms with Gasteiger partial charge in [-0.05, 0) is 6.92 Å². The van der Waals surface area contributed by atoms with Crippen LogP contribution >= 0.6 is 0 Å². The molecule has 0 aliphatic carbocycles. The molecule has 1 unspecified atom stereocenters. The molecular weight excluding hydrogens is 166 g/mol. The highest BCUT2D eigenvalue weighted by Gasteiger charge is 2.16. The fourth-order valence-electron chi connectivity index (χ4n) is 0.662. The zero-order valence-electron chi connectivity index (χ0n) is 6.52. The summed E-state index contributed by atoms with van der Waals surface area (Å²) in [5.74, 6) is -2.47. The van der Waals surface area contributed by atoms with Gasteiger partial charge in [0.15, 0.2) is 0 Å². The maximum atomic E-state index is 10.1. The van der Waals surface area contributed by atoms with Gasteiger partial charge in [-0.3, -0.25) is 10.1 Å². The Morgan fingerprint density at radius 3 is 2.25 bits per heavy atom. The molecule has 0 aromatic heterocycles. The van der Waals surface area contributed by atoms with E-state index in [-0.39, 0.29) is 6.42 Å². The number of rotatable bonds is 5. The van der Waals surface area contributed by atoms with Gasteiger partial charge in [0.25, 0.3) is 0 Å². The summed E-state index contributed by atoms with van der Waals surface area (Å²) in [5.41, 5.74) is 0. The van der Waals surface area contributed by atoms with Gasteiger partial charge >= 0.3 is 11.9 Å². The van der Waals surface area contributed by atoms with Crippen molar-refractivity contribution in [1.29, 1.82) is 0 Å². The molecule has 6 nitrogen and oxygen atoms in total. The molecule has 0 rings (SSSR count). The first-order valence-corrected chi connectivity index (χ1v) is 3.32. The normalized spacial score (nSPS) is 15.2. The Morgan fingerprint density at radius 1 is 1.42 bits per heavy atom.